The molecule has 0 heterocycles. The van der Waals surface area contributed by atoms with Gasteiger partial charge in [-0.05, 0) is 26.2 Å². The first kappa shape index (κ1) is 13.5. The molecule has 90 valence electrons. The highest BCUT2D eigenvalue weighted by Crippen LogP contribution is 2.18. The van der Waals surface area contributed by atoms with Crippen molar-refractivity contribution >= 4 is 11.8 Å². The summed E-state index contributed by atoms with van der Waals surface area (Å²) in [5.74, 6) is -0.0605. The highest BCUT2D eigenvalue weighted by molar-refractivity contribution is 7.98. The molecule has 0 amide bonds. The minimum atomic E-state index is -0.536. The topological polar surface area (TPSA) is 12.0 Å². The molecule has 2 atom stereocenters. The minimum absolute atomic E-state index is 0.109. The molecule has 1 N–H and O–H groups in total. The normalized spacial score (nSPS) is 14.8. The van der Waals surface area contributed by atoms with Crippen molar-refractivity contribution in [3.63, 3.8) is 0 Å². The Bertz CT molecular complexity index is 344. The Morgan fingerprint density at radius 2 is 2.00 bits per heavy atom. The summed E-state index contributed by atoms with van der Waals surface area (Å²) in [5, 5.41) is 3.27. The molecule has 0 saturated heterocycles. The van der Waals surface area contributed by atoms with Gasteiger partial charge in [0.25, 0.3) is 0 Å². The van der Waals surface area contributed by atoms with Crippen molar-refractivity contribution in [1.82, 2.24) is 5.32 Å². The third-order valence-electron chi connectivity index (χ3n) is 2.38. The number of hydrogen-bond donors (Lipinski definition) is 1. The van der Waals surface area contributed by atoms with Gasteiger partial charge in [-0.25, -0.2) is 8.78 Å². The van der Waals surface area contributed by atoms with Gasteiger partial charge < -0.3 is 5.32 Å². The second kappa shape index (κ2) is 6.21. The molecule has 1 rings (SSSR count). The summed E-state index contributed by atoms with van der Waals surface area (Å²) in [7, 11) is 0. The van der Waals surface area contributed by atoms with Crippen LogP contribution < -0.4 is 5.32 Å². The first-order valence-electron chi connectivity index (χ1n) is 5.24. The molecule has 0 bridgehead atoms. The third-order valence-corrected chi connectivity index (χ3v) is 3.21. The lowest BCUT2D eigenvalue weighted by Gasteiger charge is -2.20. The van der Waals surface area contributed by atoms with Crippen LogP contribution in [0.2, 0.25) is 0 Å². The van der Waals surface area contributed by atoms with E-state index >= 15 is 0 Å². The molecule has 0 fully saturated rings. The van der Waals surface area contributed by atoms with E-state index in [1.165, 1.54) is 12.1 Å². The van der Waals surface area contributed by atoms with Crippen LogP contribution in [0.3, 0.4) is 0 Å². The van der Waals surface area contributed by atoms with E-state index in [2.05, 4.69) is 12.2 Å². The van der Waals surface area contributed by atoms with E-state index in [0.717, 1.165) is 11.8 Å². The van der Waals surface area contributed by atoms with Crippen molar-refractivity contribution in [2.24, 2.45) is 0 Å². The molecule has 1 aromatic carbocycles. The molecular formula is C12H17F2NS. The maximum Gasteiger partial charge on any atom is 0.130 e. The Morgan fingerprint density at radius 1 is 1.31 bits per heavy atom. The zero-order valence-corrected chi connectivity index (χ0v) is 10.6. The zero-order chi connectivity index (χ0) is 12.1. The number of thioether (sulfide) groups is 1. The lowest BCUT2D eigenvalue weighted by molar-refractivity contribution is 0.483. The van der Waals surface area contributed by atoms with Gasteiger partial charge in [-0.15, -0.1) is 0 Å². The lowest BCUT2D eigenvalue weighted by atomic mass is 10.1. The van der Waals surface area contributed by atoms with E-state index < -0.39 is 11.6 Å². The summed E-state index contributed by atoms with van der Waals surface area (Å²) in [5.41, 5.74) is 0.509. The fraction of sp³-hybridized carbons (Fsp3) is 0.500. The molecular weight excluding hydrogens is 228 g/mol. The predicted octanol–water partition coefficient (Wildman–Crippen LogP) is 3.37. The van der Waals surface area contributed by atoms with Gasteiger partial charge in [-0.2, -0.15) is 11.8 Å². The summed E-state index contributed by atoms with van der Waals surface area (Å²) in [6.07, 6.45) is 2.03. The van der Waals surface area contributed by atoms with E-state index in [1.807, 2.05) is 13.2 Å². The zero-order valence-electron chi connectivity index (χ0n) is 9.76. The van der Waals surface area contributed by atoms with Crippen LogP contribution in [-0.4, -0.2) is 18.1 Å². The lowest BCUT2D eigenvalue weighted by Crippen LogP contribution is -2.31. The van der Waals surface area contributed by atoms with Crippen molar-refractivity contribution in [3.05, 3.63) is 35.4 Å². The van der Waals surface area contributed by atoms with Crippen LogP contribution in [0, 0.1) is 11.6 Å². The standard InChI is InChI=1S/C12H17F2NS/c1-8(7-16-3)15-9(2)11-5-4-10(13)6-12(11)14/h4-6,8-9,15H,7H2,1-3H3. The maximum absolute atomic E-state index is 13.5. The Labute approximate surface area is 99.6 Å². The van der Waals surface area contributed by atoms with Gasteiger partial charge in [-0.1, -0.05) is 6.07 Å². The van der Waals surface area contributed by atoms with Gasteiger partial charge >= 0.3 is 0 Å². The Balaban J connectivity index is 2.69. The largest absolute Gasteiger partial charge is 0.307 e. The number of hydrogen-bond acceptors (Lipinski definition) is 2. The Hall–Kier alpha value is -0.610. The smallest absolute Gasteiger partial charge is 0.130 e. The summed E-state index contributed by atoms with van der Waals surface area (Å²) in [6.45, 7) is 3.93. The quantitative estimate of drug-likeness (QED) is 0.853. The second-order valence-electron chi connectivity index (χ2n) is 3.91. The molecule has 0 aliphatic heterocycles. The van der Waals surface area contributed by atoms with Crippen LogP contribution in [0.1, 0.15) is 25.5 Å². The van der Waals surface area contributed by atoms with Crippen LogP contribution in [0.25, 0.3) is 0 Å². The van der Waals surface area contributed by atoms with Crippen molar-refractivity contribution in [2.45, 2.75) is 25.9 Å². The molecule has 0 aliphatic rings. The van der Waals surface area contributed by atoms with Crippen molar-refractivity contribution in [3.8, 4) is 0 Å². The molecule has 4 heteroatoms. The number of benzene rings is 1. The number of nitrogens with one attached hydrogen (secondary N) is 1. The van der Waals surface area contributed by atoms with Crippen LogP contribution in [0.5, 0.6) is 0 Å². The monoisotopic (exact) mass is 245 g/mol. The number of rotatable bonds is 5. The van der Waals surface area contributed by atoms with Crippen LogP contribution >= 0.6 is 11.8 Å². The molecule has 0 radical (unpaired) electrons. The van der Waals surface area contributed by atoms with E-state index in [4.69, 9.17) is 0 Å². The average molecular weight is 245 g/mol. The summed E-state index contributed by atoms with van der Waals surface area (Å²) in [6, 6.07) is 3.90. The van der Waals surface area contributed by atoms with Gasteiger partial charge in [0.2, 0.25) is 0 Å². The predicted molar refractivity (Wildman–Crippen MR) is 65.8 cm³/mol. The highest BCUT2D eigenvalue weighted by Gasteiger charge is 2.13. The first-order chi connectivity index (χ1) is 7.54. The van der Waals surface area contributed by atoms with E-state index in [0.29, 0.717) is 11.6 Å². The third kappa shape index (κ3) is 3.76. The van der Waals surface area contributed by atoms with Crippen LogP contribution in [-0.2, 0) is 0 Å². The Morgan fingerprint density at radius 3 is 2.56 bits per heavy atom. The van der Waals surface area contributed by atoms with Gasteiger partial charge in [0.05, 0.1) is 0 Å². The summed E-state index contributed by atoms with van der Waals surface area (Å²) < 4.78 is 26.2. The van der Waals surface area contributed by atoms with Crippen LogP contribution in [0.15, 0.2) is 18.2 Å². The summed E-state index contributed by atoms with van der Waals surface area (Å²) >= 11 is 1.74. The SMILES string of the molecule is CSCC(C)NC(C)c1ccc(F)cc1F. The molecule has 2 unspecified atom stereocenters. The molecule has 1 aromatic rings. The second-order valence-corrected chi connectivity index (χ2v) is 4.82. The maximum atomic E-state index is 13.5. The molecule has 0 spiro atoms. The van der Waals surface area contributed by atoms with E-state index in [9.17, 15) is 8.78 Å². The van der Waals surface area contributed by atoms with Crippen molar-refractivity contribution in [2.75, 3.05) is 12.0 Å². The van der Waals surface area contributed by atoms with Gasteiger partial charge in [-0.3, -0.25) is 0 Å². The number of halogens is 2. The molecule has 0 saturated carbocycles. The molecule has 0 aromatic heterocycles. The molecule has 16 heavy (non-hydrogen) atoms. The van der Waals surface area contributed by atoms with Crippen molar-refractivity contribution in [1.29, 1.82) is 0 Å². The van der Waals surface area contributed by atoms with E-state index in [1.54, 1.807) is 11.8 Å². The fourth-order valence-electron chi connectivity index (χ4n) is 1.67. The first-order valence-corrected chi connectivity index (χ1v) is 6.64. The van der Waals surface area contributed by atoms with Gasteiger partial charge in [0.1, 0.15) is 11.6 Å². The highest BCUT2D eigenvalue weighted by atomic mass is 32.2. The summed E-state index contributed by atoms with van der Waals surface area (Å²) in [4.78, 5) is 0. The fourth-order valence-corrected chi connectivity index (χ4v) is 2.26. The van der Waals surface area contributed by atoms with E-state index in [-0.39, 0.29) is 6.04 Å². The average Bonchev–Trinajstić information content (AvgIpc) is 2.17. The van der Waals surface area contributed by atoms with Crippen molar-refractivity contribution < 1.29 is 8.78 Å². The minimum Gasteiger partial charge on any atom is -0.307 e. The van der Waals surface area contributed by atoms with Crippen LogP contribution in [0.4, 0.5) is 8.78 Å². The molecule has 0 aliphatic carbocycles. The van der Waals surface area contributed by atoms with Gasteiger partial charge in [0, 0.05) is 29.5 Å². The molecule has 1 nitrogen and oxygen atoms in total. The Kier molecular flexibility index (Phi) is 5.22. The van der Waals surface area contributed by atoms with Gasteiger partial charge in [0.15, 0.2) is 0 Å².